The van der Waals surface area contributed by atoms with Gasteiger partial charge >= 0.3 is 0 Å². The van der Waals surface area contributed by atoms with Gasteiger partial charge in [-0.25, -0.2) is 4.39 Å². The number of allylic oxidation sites excluding steroid dienone is 4. The van der Waals surface area contributed by atoms with Crippen LogP contribution in [0.25, 0.3) is 0 Å². The molecule has 0 spiro atoms. The third kappa shape index (κ3) is 3.74. The first-order valence-electron chi connectivity index (χ1n) is 11.2. The number of ether oxygens (including phenoxy) is 2. The van der Waals surface area contributed by atoms with Crippen molar-refractivity contribution in [3.63, 3.8) is 0 Å². The Balaban J connectivity index is 1.73. The fourth-order valence-electron chi connectivity index (χ4n) is 5.67. The average molecular weight is 437 g/mol. The lowest BCUT2D eigenvalue weighted by Gasteiger charge is -2.47. The van der Waals surface area contributed by atoms with E-state index < -0.39 is 36.4 Å². The van der Waals surface area contributed by atoms with Crippen molar-refractivity contribution >= 4 is 6.29 Å². The molecule has 3 N–H and O–H groups in total. The van der Waals surface area contributed by atoms with Gasteiger partial charge in [-0.3, -0.25) is 4.79 Å². The van der Waals surface area contributed by atoms with Crippen molar-refractivity contribution in [3.05, 3.63) is 34.4 Å². The van der Waals surface area contributed by atoms with E-state index in [4.69, 9.17) is 9.47 Å². The minimum Gasteiger partial charge on any atom is -0.388 e. The number of alkyl halides is 1. The van der Waals surface area contributed by atoms with Gasteiger partial charge in [-0.15, -0.1) is 0 Å². The first-order valence-corrected chi connectivity index (χ1v) is 11.2. The number of hydrogen-bond donors (Lipinski definition) is 3. The molecule has 172 valence electrons. The molecule has 31 heavy (non-hydrogen) atoms. The van der Waals surface area contributed by atoms with Crippen LogP contribution in [0.5, 0.6) is 0 Å². The molecule has 0 bridgehead atoms. The number of aliphatic hydroxyl groups excluding tert-OH is 3. The molecule has 2 fully saturated rings. The van der Waals surface area contributed by atoms with Crippen molar-refractivity contribution in [1.29, 1.82) is 0 Å². The molecule has 7 atom stereocenters. The molecule has 1 saturated heterocycles. The molecule has 4 aliphatic rings. The van der Waals surface area contributed by atoms with E-state index in [-0.39, 0.29) is 30.8 Å². The normalized spacial score (nSPS) is 43.2. The predicted octanol–water partition coefficient (Wildman–Crippen LogP) is 2.52. The summed E-state index contributed by atoms with van der Waals surface area (Å²) in [5.41, 5.74) is 1.31. The number of carbonyl (C=O) groups excluding carboxylic acids is 1. The van der Waals surface area contributed by atoms with Crippen LogP contribution in [0.4, 0.5) is 4.39 Å². The third-order valence-corrected chi connectivity index (χ3v) is 7.62. The summed E-state index contributed by atoms with van der Waals surface area (Å²) in [6.07, 6.45) is 0.406. The molecule has 3 aliphatic carbocycles. The highest BCUT2D eigenvalue weighted by Gasteiger charge is 2.56. The first kappa shape index (κ1) is 22.8. The Labute approximate surface area is 182 Å². The van der Waals surface area contributed by atoms with E-state index in [1.807, 2.05) is 0 Å². The van der Waals surface area contributed by atoms with Gasteiger partial charge in [0.15, 0.2) is 12.0 Å². The zero-order chi connectivity index (χ0) is 22.6. The van der Waals surface area contributed by atoms with Gasteiger partial charge in [0.05, 0.1) is 6.61 Å². The van der Waals surface area contributed by atoms with Crippen molar-refractivity contribution in [2.75, 3.05) is 6.61 Å². The van der Waals surface area contributed by atoms with Crippen molar-refractivity contribution < 1.29 is 34.0 Å². The summed E-state index contributed by atoms with van der Waals surface area (Å²) in [4.78, 5) is 11.6. The zero-order valence-corrected chi connectivity index (χ0v) is 18.4. The Kier molecular flexibility index (Phi) is 6.03. The molecule has 0 radical (unpaired) electrons. The summed E-state index contributed by atoms with van der Waals surface area (Å²) in [7, 11) is 0. The number of aliphatic hydroxyl groups is 3. The maximum atomic E-state index is 16.9. The molecule has 4 rings (SSSR count). The molecule has 0 aromatic carbocycles. The number of fused-ring (bicyclic) bond motifs is 3. The van der Waals surface area contributed by atoms with Gasteiger partial charge in [0, 0.05) is 6.42 Å². The molecule has 0 amide bonds. The summed E-state index contributed by atoms with van der Waals surface area (Å²) in [5, 5.41) is 30.0. The summed E-state index contributed by atoms with van der Waals surface area (Å²) < 4.78 is 28.3. The van der Waals surface area contributed by atoms with E-state index in [0.717, 1.165) is 18.4 Å². The van der Waals surface area contributed by atoms with E-state index in [0.29, 0.717) is 23.9 Å². The number of halogens is 1. The van der Waals surface area contributed by atoms with E-state index in [1.54, 1.807) is 12.2 Å². The van der Waals surface area contributed by atoms with Crippen LogP contribution in [-0.4, -0.2) is 64.6 Å². The average Bonchev–Trinajstić information content (AvgIpc) is 3.02. The second kappa shape index (κ2) is 8.19. The summed E-state index contributed by atoms with van der Waals surface area (Å²) in [6.45, 7) is 6.21. The highest BCUT2D eigenvalue weighted by molar-refractivity contribution is 5.75. The van der Waals surface area contributed by atoms with Gasteiger partial charge in [-0.2, -0.15) is 0 Å². The largest absolute Gasteiger partial charge is 0.388 e. The lowest BCUT2D eigenvalue weighted by Crippen LogP contribution is -2.57. The third-order valence-electron chi connectivity index (χ3n) is 7.62. The topological polar surface area (TPSA) is 96.2 Å². The first-order chi connectivity index (χ1) is 14.6. The predicted molar refractivity (Wildman–Crippen MR) is 112 cm³/mol. The fraction of sp³-hybridized carbons (Fsp3) is 0.708. The van der Waals surface area contributed by atoms with Gasteiger partial charge in [0.2, 0.25) is 0 Å². The molecule has 1 saturated carbocycles. The lowest BCUT2D eigenvalue weighted by molar-refractivity contribution is -0.292. The Morgan fingerprint density at radius 3 is 2.61 bits per heavy atom. The SMILES string of the molecule is CC(C)C1=C2C3=CC=C(C=O)C[C@H](O[C@@H]4OC[C@@H](O)[C@H](O)[C@H]4O)[C@]3(F)CC[C@@]2(C)CC1. The molecule has 0 aromatic rings. The van der Waals surface area contributed by atoms with Crippen molar-refractivity contribution in [2.45, 2.75) is 89.2 Å². The second-order valence-electron chi connectivity index (χ2n) is 10.00. The van der Waals surface area contributed by atoms with Crippen LogP contribution in [0.15, 0.2) is 34.4 Å². The molecule has 7 heteroatoms. The summed E-state index contributed by atoms with van der Waals surface area (Å²) in [5.74, 6) is 0.289. The van der Waals surface area contributed by atoms with Gasteiger partial charge < -0.3 is 24.8 Å². The number of hydrogen-bond acceptors (Lipinski definition) is 6. The Bertz CT molecular complexity index is 832. The molecule has 0 unspecified atom stereocenters. The van der Waals surface area contributed by atoms with Crippen LogP contribution in [0.2, 0.25) is 0 Å². The van der Waals surface area contributed by atoms with Crippen LogP contribution in [0.1, 0.15) is 52.9 Å². The number of rotatable bonds is 4. The van der Waals surface area contributed by atoms with Crippen molar-refractivity contribution in [1.82, 2.24) is 0 Å². The fourth-order valence-corrected chi connectivity index (χ4v) is 5.67. The molecule has 6 nitrogen and oxygen atoms in total. The Morgan fingerprint density at radius 1 is 1.19 bits per heavy atom. The van der Waals surface area contributed by atoms with Crippen molar-refractivity contribution in [3.8, 4) is 0 Å². The minimum atomic E-state index is -1.86. The number of aldehydes is 1. The lowest BCUT2D eigenvalue weighted by atomic mass is 9.63. The summed E-state index contributed by atoms with van der Waals surface area (Å²) in [6, 6.07) is 0. The molecule has 1 aliphatic heterocycles. The molecule has 0 aromatic heterocycles. The van der Waals surface area contributed by atoms with Crippen LogP contribution < -0.4 is 0 Å². The Hall–Kier alpha value is -1.38. The maximum absolute atomic E-state index is 16.9. The standard InChI is InChI=1S/C24H33FO6/c1-13(2)15-6-7-23(3)8-9-24(25)16(19(15)23)5-4-14(11-26)10-18(24)31-22-21(29)20(28)17(27)12-30-22/h4-5,11,13,17-18,20-22,27-29H,6-10,12H2,1-3H3/t17-,18+,20+,21-,22+,23-,24+/m1/s1. The van der Waals surface area contributed by atoms with Crippen LogP contribution in [0, 0.1) is 11.3 Å². The maximum Gasteiger partial charge on any atom is 0.186 e. The van der Waals surface area contributed by atoms with Gasteiger partial charge in [-0.05, 0) is 53.7 Å². The van der Waals surface area contributed by atoms with E-state index in [1.165, 1.54) is 5.57 Å². The van der Waals surface area contributed by atoms with Crippen molar-refractivity contribution in [2.24, 2.45) is 11.3 Å². The summed E-state index contributed by atoms with van der Waals surface area (Å²) >= 11 is 0. The number of carbonyl (C=O) groups is 1. The van der Waals surface area contributed by atoms with Gasteiger partial charge in [0.1, 0.15) is 30.7 Å². The van der Waals surface area contributed by atoms with Crippen LogP contribution in [0.3, 0.4) is 0 Å². The second-order valence-corrected chi connectivity index (χ2v) is 10.00. The highest BCUT2D eigenvalue weighted by atomic mass is 19.1. The van der Waals surface area contributed by atoms with Crippen LogP contribution in [-0.2, 0) is 14.3 Å². The van der Waals surface area contributed by atoms with Gasteiger partial charge in [-0.1, -0.05) is 38.5 Å². The highest BCUT2D eigenvalue weighted by Crippen LogP contribution is 2.60. The molecular formula is C24H33FO6. The monoisotopic (exact) mass is 436 g/mol. The smallest absolute Gasteiger partial charge is 0.186 e. The Morgan fingerprint density at radius 2 is 1.94 bits per heavy atom. The van der Waals surface area contributed by atoms with E-state index in [9.17, 15) is 20.1 Å². The van der Waals surface area contributed by atoms with E-state index >= 15 is 4.39 Å². The minimum absolute atomic E-state index is 0.0340. The zero-order valence-electron chi connectivity index (χ0n) is 18.4. The van der Waals surface area contributed by atoms with Gasteiger partial charge in [0.25, 0.3) is 0 Å². The van der Waals surface area contributed by atoms with E-state index in [2.05, 4.69) is 20.8 Å². The van der Waals surface area contributed by atoms with Crippen LogP contribution >= 0.6 is 0 Å². The quantitative estimate of drug-likeness (QED) is 0.586. The molecule has 1 heterocycles. The molecular weight excluding hydrogens is 403 g/mol.